The molecule has 0 amide bonds. The Hall–Kier alpha value is -0.670. The van der Waals surface area contributed by atoms with Gasteiger partial charge in [-0.05, 0) is 20.8 Å². The van der Waals surface area contributed by atoms with Crippen LogP contribution in [0.3, 0.4) is 0 Å². The Labute approximate surface area is 64.5 Å². The molecule has 0 spiro atoms. The Morgan fingerprint density at radius 2 is 2.00 bits per heavy atom. The van der Waals surface area contributed by atoms with Crippen LogP contribution in [0.1, 0.15) is 20.8 Å². The monoisotopic (exact) mass is 166 g/mol. The minimum absolute atomic E-state index is 0.134. The molecule has 66 valence electrons. The van der Waals surface area contributed by atoms with E-state index in [1.807, 2.05) is 0 Å². The third-order valence-electron chi connectivity index (χ3n) is 1.35. The van der Waals surface area contributed by atoms with Crippen LogP contribution in [-0.2, 0) is 9.53 Å². The third kappa shape index (κ3) is 2.44. The number of hydrogen-bond acceptors (Lipinski definition) is 2. The lowest BCUT2D eigenvalue weighted by atomic mass is 9.95. The molecule has 0 aromatic carbocycles. The normalized spacial score (nSPS) is 11.8. The topological polar surface area (TPSA) is 26.3 Å². The number of carbonyl (C=O) groups is 1. The second-order valence-corrected chi connectivity index (χ2v) is 2.74. The first kappa shape index (κ1) is 10.3. The zero-order valence-corrected chi connectivity index (χ0v) is 6.86. The molecule has 0 radical (unpaired) electrons. The van der Waals surface area contributed by atoms with E-state index in [4.69, 9.17) is 0 Å². The summed E-state index contributed by atoms with van der Waals surface area (Å²) in [6, 6.07) is 0. The number of alkyl halides is 2. The quantitative estimate of drug-likeness (QED) is 0.598. The predicted octanol–water partition coefficient (Wildman–Crippen LogP) is 1.84. The fourth-order valence-corrected chi connectivity index (χ4v) is 0.406. The zero-order valence-electron chi connectivity index (χ0n) is 6.86. The van der Waals surface area contributed by atoms with Crippen molar-refractivity contribution in [1.82, 2.24) is 0 Å². The van der Waals surface area contributed by atoms with Crippen molar-refractivity contribution < 1.29 is 18.3 Å². The van der Waals surface area contributed by atoms with E-state index in [2.05, 4.69) is 4.74 Å². The van der Waals surface area contributed by atoms with Crippen molar-refractivity contribution in [2.75, 3.05) is 6.61 Å². The standard InChI is InChI=1S/C7H12F2O2/c1-4-11-6(10)7(2,3)5(8)9/h5H,4H2,1-3H3. The Morgan fingerprint density at radius 1 is 1.55 bits per heavy atom. The fourth-order valence-electron chi connectivity index (χ4n) is 0.406. The van der Waals surface area contributed by atoms with Crippen LogP contribution in [0.2, 0.25) is 0 Å². The van der Waals surface area contributed by atoms with Gasteiger partial charge in [0, 0.05) is 0 Å². The molecule has 0 aromatic heterocycles. The van der Waals surface area contributed by atoms with Crippen LogP contribution in [0.4, 0.5) is 8.78 Å². The Kier molecular flexibility index (Phi) is 3.42. The Bertz CT molecular complexity index is 143. The van der Waals surface area contributed by atoms with E-state index in [0.29, 0.717) is 0 Å². The molecule has 0 bridgehead atoms. The molecule has 2 nitrogen and oxygen atoms in total. The summed E-state index contributed by atoms with van der Waals surface area (Å²) in [6.07, 6.45) is -2.68. The summed E-state index contributed by atoms with van der Waals surface area (Å²) in [6.45, 7) is 4.04. The van der Waals surface area contributed by atoms with Crippen molar-refractivity contribution in [3.63, 3.8) is 0 Å². The summed E-state index contributed by atoms with van der Waals surface area (Å²) < 4.78 is 28.6. The number of rotatable bonds is 3. The Balaban J connectivity index is 4.18. The summed E-state index contributed by atoms with van der Waals surface area (Å²) in [5, 5.41) is 0. The van der Waals surface area contributed by atoms with Crippen LogP contribution in [0.5, 0.6) is 0 Å². The first-order valence-corrected chi connectivity index (χ1v) is 3.38. The summed E-state index contributed by atoms with van der Waals surface area (Å²) in [5.41, 5.74) is -1.68. The van der Waals surface area contributed by atoms with E-state index < -0.39 is 17.8 Å². The van der Waals surface area contributed by atoms with Gasteiger partial charge in [-0.25, -0.2) is 8.78 Å². The van der Waals surface area contributed by atoms with Gasteiger partial charge in [0.25, 0.3) is 6.43 Å². The summed E-state index contributed by atoms with van der Waals surface area (Å²) >= 11 is 0. The zero-order chi connectivity index (χ0) is 9.07. The van der Waals surface area contributed by atoms with E-state index in [1.165, 1.54) is 0 Å². The maximum absolute atomic E-state index is 12.1. The minimum atomic E-state index is -2.68. The van der Waals surface area contributed by atoms with Crippen LogP contribution in [-0.4, -0.2) is 19.0 Å². The molecule has 0 unspecified atom stereocenters. The summed E-state index contributed by atoms with van der Waals surface area (Å²) in [5.74, 6) is -0.852. The largest absolute Gasteiger partial charge is 0.465 e. The Morgan fingerprint density at radius 3 is 2.27 bits per heavy atom. The molecule has 0 aliphatic rings. The van der Waals surface area contributed by atoms with Gasteiger partial charge in [-0.1, -0.05) is 0 Å². The van der Waals surface area contributed by atoms with Crippen LogP contribution in [0.15, 0.2) is 0 Å². The van der Waals surface area contributed by atoms with E-state index in [9.17, 15) is 13.6 Å². The maximum atomic E-state index is 12.1. The van der Waals surface area contributed by atoms with E-state index in [1.54, 1.807) is 6.92 Å². The molecule has 0 aromatic rings. The molecule has 0 heterocycles. The minimum Gasteiger partial charge on any atom is -0.465 e. The molecule has 0 saturated carbocycles. The summed E-state index contributed by atoms with van der Waals surface area (Å²) in [4.78, 5) is 10.8. The van der Waals surface area contributed by atoms with Gasteiger partial charge in [-0.2, -0.15) is 0 Å². The maximum Gasteiger partial charge on any atom is 0.317 e. The number of carbonyl (C=O) groups excluding carboxylic acids is 1. The second kappa shape index (κ2) is 3.64. The fraction of sp³-hybridized carbons (Fsp3) is 0.857. The van der Waals surface area contributed by atoms with Gasteiger partial charge in [0.05, 0.1) is 6.61 Å². The molecule has 0 fully saturated rings. The highest BCUT2D eigenvalue weighted by atomic mass is 19.3. The molecule has 4 heteroatoms. The summed E-state index contributed by atoms with van der Waals surface area (Å²) in [7, 11) is 0. The highest BCUT2D eigenvalue weighted by Gasteiger charge is 2.38. The lowest BCUT2D eigenvalue weighted by Crippen LogP contribution is -2.33. The van der Waals surface area contributed by atoms with Gasteiger partial charge >= 0.3 is 5.97 Å². The van der Waals surface area contributed by atoms with Crippen molar-refractivity contribution >= 4 is 5.97 Å². The SMILES string of the molecule is CCOC(=O)C(C)(C)C(F)F. The molecule has 0 saturated heterocycles. The van der Waals surface area contributed by atoms with Crippen LogP contribution in [0, 0.1) is 5.41 Å². The van der Waals surface area contributed by atoms with E-state index >= 15 is 0 Å². The van der Waals surface area contributed by atoms with Gasteiger partial charge in [-0.3, -0.25) is 4.79 Å². The van der Waals surface area contributed by atoms with Gasteiger partial charge in [-0.15, -0.1) is 0 Å². The van der Waals surface area contributed by atoms with Crippen molar-refractivity contribution in [2.45, 2.75) is 27.2 Å². The third-order valence-corrected chi connectivity index (χ3v) is 1.35. The van der Waals surface area contributed by atoms with E-state index in [-0.39, 0.29) is 6.61 Å². The predicted molar refractivity (Wildman–Crippen MR) is 36.4 cm³/mol. The van der Waals surface area contributed by atoms with Crippen molar-refractivity contribution in [2.24, 2.45) is 5.41 Å². The molecule has 0 N–H and O–H groups in total. The highest BCUT2D eigenvalue weighted by Crippen LogP contribution is 2.25. The molecule has 11 heavy (non-hydrogen) atoms. The van der Waals surface area contributed by atoms with Crippen molar-refractivity contribution in [1.29, 1.82) is 0 Å². The van der Waals surface area contributed by atoms with Gasteiger partial charge < -0.3 is 4.74 Å². The van der Waals surface area contributed by atoms with Gasteiger partial charge in [0.1, 0.15) is 5.41 Å². The van der Waals surface area contributed by atoms with Crippen molar-refractivity contribution in [3.8, 4) is 0 Å². The number of hydrogen-bond donors (Lipinski definition) is 0. The lowest BCUT2D eigenvalue weighted by molar-refractivity contribution is -0.162. The van der Waals surface area contributed by atoms with Gasteiger partial charge in [0.15, 0.2) is 0 Å². The number of esters is 1. The average Bonchev–Trinajstić information content (AvgIpc) is 1.88. The molecular weight excluding hydrogens is 154 g/mol. The lowest BCUT2D eigenvalue weighted by Gasteiger charge is -2.20. The van der Waals surface area contributed by atoms with Gasteiger partial charge in [0.2, 0.25) is 0 Å². The highest BCUT2D eigenvalue weighted by molar-refractivity contribution is 5.76. The molecule has 0 aliphatic heterocycles. The number of ether oxygens (including phenoxy) is 1. The first-order chi connectivity index (χ1) is 4.92. The van der Waals surface area contributed by atoms with Crippen LogP contribution in [0.25, 0.3) is 0 Å². The second-order valence-electron chi connectivity index (χ2n) is 2.74. The number of halogens is 2. The smallest absolute Gasteiger partial charge is 0.317 e. The van der Waals surface area contributed by atoms with Crippen molar-refractivity contribution in [3.05, 3.63) is 0 Å². The first-order valence-electron chi connectivity index (χ1n) is 3.38. The van der Waals surface area contributed by atoms with Crippen LogP contribution >= 0.6 is 0 Å². The molecular formula is C7H12F2O2. The average molecular weight is 166 g/mol. The molecule has 0 aliphatic carbocycles. The van der Waals surface area contributed by atoms with E-state index in [0.717, 1.165) is 13.8 Å². The van der Waals surface area contributed by atoms with Crippen LogP contribution < -0.4 is 0 Å². The molecule has 0 atom stereocenters. The molecule has 0 rings (SSSR count).